The molecule has 1 saturated carbocycles. The lowest BCUT2D eigenvalue weighted by atomic mass is 9.84. The Hall–Kier alpha value is -1.55. The molecule has 98 valence electrons. The summed E-state index contributed by atoms with van der Waals surface area (Å²) in [4.78, 5) is 11.6. The number of ether oxygens (including phenoxy) is 1. The summed E-state index contributed by atoms with van der Waals surface area (Å²) in [5.41, 5.74) is 6.53. The standard InChI is InChI=1S/C14H19NO3/c1-3-9-4-7-12(18-2)11(8-9)14(15,13(16)17)10-5-6-10/h4,7-8,10H,3,5-6,15H2,1-2H3,(H,16,17). The van der Waals surface area contributed by atoms with E-state index in [4.69, 9.17) is 10.5 Å². The first-order valence-electron chi connectivity index (χ1n) is 6.23. The third kappa shape index (κ3) is 1.97. The molecule has 0 bridgehead atoms. The summed E-state index contributed by atoms with van der Waals surface area (Å²) < 4.78 is 5.28. The number of hydrogen-bond donors (Lipinski definition) is 2. The smallest absolute Gasteiger partial charge is 0.328 e. The number of carboxylic acid groups (broad SMARTS) is 1. The number of aryl methyl sites for hydroxylation is 1. The van der Waals surface area contributed by atoms with Crippen molar-refractivity contribution >= 4 is 5.97 Å². The van der Waals surface area contributed by atoms with Crippen LogP contribution in [0.15, 0.2) is 18.2 Å². The number of benzene rings is 1. The molecule has 0 amide bonds. The second-order valence-electron chi connectivity index (χ2n) is 4.84. The van der Waals surface area contributed by atoms with Crippen LogP contribution in [0.1, 0.15) is 30.9 Å². The zero-order valence-corrected chi connectivity index (χ0v) is 10.8. The van der Waals surface area contributed by atoms with Crippen molar-refractivity contribution in [1.82, 2.24) is 0 Å². The van der Waals surface area contributed by atoms with Crippen molar-refractivity contribution in [3.8, 4) is 5.75 Å². The van der Waals surface area contributed by atoms with Gasteiger partial charge >= 0.3 is 5.97 Å². The second kappa shape index (κ2) is 4.61. The molecule has 1 aliphatic rings. The number of carbonyl (C=O) groups is 1. The van der Waals surface area contributed by atoms with Crippen LogP contribution in [0.4, 0.5) is 0 Å². The normalized spacial score (nSPS) is 18.2. The van der Waals surface area contributed by atoms with Gasteiger partial charge in [0.1, 0.15) is 11.3 Å². The molecule has 2 rings (SSSR count). The fourth-order valence-electron chi connectivity index (χ4n) is 2.35. The van der Waals surface area contributed by atoms with E-state index in [9.17, 15) is 9.90 Å². The Balaban J connectivity index is 2.55. The number of hydrogen-bond acceptors (Lipinski definition) is 3. The summed E-state index contributed by atoms with van der Waals surface area (Å²) in [5, 5.41) is 9.50. The summed E-state index contributed by atoms with van der Waals surface area (Å²) in [5.74, 6) is -0.406. The van der Waals surface area contributed by atoms with E-state index in [1.165, 1.54) is 0 Å². The maximum Gasteiger partial charge on any atom is 0.328 e. The van der Waals surface area contributed by atoms with Gasteiger partial charge in [0.2, 0.25) is 0 Å². The molecular formula is C14H19NO3. The largest absolute Gasteiger partial charge is 0.496 e. The van der Waals surface area contributed by atoms with Crippen LogP contribution < -0.4 is 10.5 Å². The number of rotatable bonds is 5. The van der Waals surface area contributed by atoms with Gasteiger partial charge in [0, 0.05) is 5.56 Å². The topological polar surface area (TPSA) is 72.5 Å². The fourth-order valence-corrected chi connectivity index (χ4v) is 2.35. The number of methoxy groups -OCH3 is 1. The summed E-state index contributed by atoms with van der Waals surface area (Å²) in [7, 11) is 1.54. The highest BCUT2D eigenvalue weighted by Crippen LogP contribution is 2.47. The Kier molecular flexibility index (Phi) is 3.30. The maximum absolute atomic E-state index is 11.6. The van der Waals surface area contributed by atoms with Crippen LogP contribution in [-0.4, -0.2) is 18.2 Å². The van der Waals surface area contributed by atoms with Crippen LogP contribution in [0.25, 0.3) is 0 Å². The van der Waals surface area contributed by atoms with E-state index in [1.807, 2.05) is 19.1 Å². The van der Waals surface area contributed by atoms with Gasteiger partial charge in [0.15, 0.2) is 0 Å². The molecule has 4 nitrogen and oxygen atoms in total. The van der Waals surface area contributed by atoms with Gasteiger partial charge in [0.05, 0.1) is 7.11 Å². The molecule has 1 aromatic carbocycles. The van der Waals surface area contributed by atoms with Crippen LogP contribution >= 0.6 is 0 Å². The predicted octanol–water partition coefficient (Wildman–Crippen LogP) is 1.91. The molecule has 1 unspecified atom stereocenters. The lowest BCUT2D eigenvalue weighted by Crippen LogP contribution is -2.47. The van der Waals surface area contributed by atoms with Crippen molar-refractivity contribution < 1.29 is 14.6 Å². The zero-order valence-electron chi connectivity index (χ0n) is 10.8. The molecule has 0 aromatic heterocycles. The Labute approximate surface area is 107 Å². The van der Waals surface area contributed by atoms with E-state index >= 15 is 0 Å². The van der Waals surface area contributed by atoms with Gasteiger partial charge in [0.25, 0.3) is 0 Å². The molecule has 3 N–H and O–H groups in total. The molecule has 1 atom stereocenters. The predicted molar refractivity (Wildman–Crippen MR) is 68.6 cm³/mol. The zero-order chi connectivity index (χ0) is 13.3. The fraction of sp³-hybridized carbons (Fsp3) is 0.500. The van der Waals surface area contributed by atoms with Crippen LogP contribution in [0.2, 0.25) is 0 Å². The van der Waals surface area contributed by atoms with Crippen molar-refractivity contribution in [3.05, 3.63) is 29.3 Å². The molecule has 0 radical (unpaired) electrons. The van der Waals surface area contributed by atoms with Crippen LogP contribution in [0, 0.1) is 5.92 Å². The number of aliphatic carboxylic acids is 1. The first kappa shape index (κ1) is 12.9. The van der Waals surface area contributed by atoms with Gasteiger partial charge in [-0.25, -0.2) is 4.79 Å². The average Bonchev–Trinajstić information content (AvgIpc) is 3.21. The Morgan fingerprint density at radius 1 is 1.56 bits per heavy atom. The summed E-state index contributed by atoms with van der Waals surface area (Å²) >= 11 is 0. The Morgan fingerprint density at radius 2 is 2.22 bits per heavy atom. The minimum Gasteiger partial charge on any atom is -0.496 e. The van der Waals surface area contributed by atoms with Crippen LogP contribution in [0.3, 0.4) is 0 Å². The van der Waals surface area contributed by atoms with E-state index in [1.54, 1.807) is 13.2 Å². The summed E-state index contributed by atoms with van der Waals surface area (Å²) in [6, 6.07) is 5.61. The van der Waals surface area contributed by atoms with Gasteiger partial charge in [-0.15, -0.1) is 0 Å². The van der Waals surface area contributed by atoms with Gasteiger partial charge in [-0.3, -0.25) is 0 Å². The van der Waals surface area contributed by atoms with Gasteiger partial charge < -0.3 is 15.6 Å². The third-order valence-corrected chi connectivity index (χ3v) is 3.69. The van der Waals surface area contributed by atoms with E-state index in [-0.39, 0.29) is 5.92 Å². The highest BCUT2D eigenvalue weighted by atomic mass is 16.5. The first-order chi connectivity index (χ1) is 8.53. The van der Waals surface area contributed by atoms with Crippen molar-refractivity contribution in [3.63, 3.8) is 0 Å². The molecule has 1 fully saturated rings. The van der Waals surface area contributed by atoms with Crippen molar-refractivity contribution in [1.29, 1.82) is 0 Å². The SMILES string of the molecule is CCc1ccc(OC)c(C(N)(C(=O)O)C2CC2)c1. The first-order valence-corrected chi connectivity index (χ1v) is 6.23. The summed E-state index contributed by atoms with van der Waals surface area (Å²) in [6.07, 6.45) is 2.57. The molecule has 0 spiro atoms. The van der Waals surface area contributed by atoms with E-state index in [0.717, 1.165) is 24.8 Å². The van der Waals surface area contributed by atoms with Gasteiger partial charge in [-0.05, 0) is 42.9 Å². The highest BCUT2D eigenvalue weighted by Gasteiger charge is 2.51. The minimum absolute atomic E-state index is 0.0102. The molecular weight excluding hydrogens is 230 g/mol. The van der Waals surface area contributed by atoms with E-state index in [0.29, 0.717) is 11.3 Å². The Bertz CT molecular complexity index is 468. The highest BCUT2D eigenvalue weighted by molar-refractivity contribution is 5.82. The van der Waals surface area contributed by atoms with Crippen LogP contribution in [0.5, 0.6) is 5.75 Å². The van der Waals surface area contributed by atoms with Crippen molar-refractivity contribution in [2.24, 2.45) is 11.7 Å². The number of nitrogens with two attached hydrogens (primary N) is 1. The molecule has 1 aliphatic carbocycles. The van der Waals surface area contributed by atoms with Crippen molar-refractivity contribution in [2.45, 2.75) is 31.7 Å². The van der Waals surface area contributed by atoms with Crippen LogP contribution in [-0.2, 0) is 16.8 Å². The number of carboxylic acids is 1. The Morgan fingerprint density at radius 3 is 2.67 bits per heavy atom. The molecule has 0 saturated heterocycles. The third-order valence-electron chi connectivity index (χ3n) is 3.69. The summed E-state index contributed by atoms with van der Waals surface area (Å²) in [6.45, 7) is 2.03. The molecule has 0 aliphatic heterocycles. The lowest BCUT2D eigenvalue weighted by molar-refractivity contribution is -0.144. The molecule has 4 heteroatoms. The molecule has 0 heterocycles. The quantitative estimate of drug-likeness (QED) is 0.836. The average molecular weight is 249 g/mol. The molecule has 18 heavy (non-hydrogen) atoms. The monoisotopic (exact) mass is 249 g/mol. The van der Waals surface area contributed by atoms with E-state index < -0.39 is 11.5 Å². The molecule has 1 aromatic rings. The second-order valence-corrected chi connectivity index (χ2v) is 4.84. The van der Waals surface area contributed by atoms with Crippen molar-refractivity contribution in [2.75, 3.05) is 7.11 Å². The van der Waals surface area contributed by atoms with Gasteiger partial charge in [-0.2, -0.15) is 0 Å². The van der Waals surface area contributed by atoms with Gasteiger partial charge in [-0.1, -0.05) is 13.0 Å². The lowest BCUT2D eigenvalue weighted by Gasteiger charge is -2.27. The van der Waals surface area contributed by atoms with E-state index in [2.05, 4.69) is 0 Å². The minimum atomic E-state index is -1.32. The maximum atomic E-state index is 11.6.